The van der Waals surface area contributed by atoms with Crippen LogP contribution in [-0.2, 0) is 0 Å². The Bertz CT molecular complexity index is 213. The quantitative estimate of drug-likeness (QED) is 0.789. The Morgan fingerprint density at radius 2 is 1.75 bits per heavy atom. The van der Waals surface area contributed by atoms with Gasteiger partial charge < -0.3 is 10.2 Å². The van der Waals surface area contributed by atoms with Crippen molar-refractivity contribution in [3.8, 4) is 0 Å². The molecule has 0 aromatic heterocycles. The molecule has 0 amide bonds. The second kappa shape index (κ2) is 5.05. The van der Waals surface area contributed by atoms with Crippen molar-refractivity contribution in [1.29, 1.82) is 0 Å². The molecule has 94 valence electrons. The van der Waals surface area contributed by atoms with E-state index in [0.717, 1.165) is 30.0 Å². The first-order valence-electron chi connectivity index (χ1n) is 7.01. The maximum atomic E-state index is 3.57. The zero-order valence-corrected chi connectivity index (χ0v) is 11.4. The molecular formula is C14H28N2. The summed E-state index contributed by atoms with van der Waals surface area (Å²) in [7, 11) is 4.47. The third kappa shape index (κ3) is 2.43. The van der Waals surface area contributed by atoms with E-state index in [2.05, 4.69) is 38.2 Å². The van der Waals surface area contributed by atoms with Gasteiger partial charge in [-0.1, -0.05) is 13.8 Å². The van der Waals surface area contributed by atoms with E-state index in [0.29, 0.717) is 0 Å². The van der Waals surface area contributed by atoms with E-state index in [1.54, 1.807) is 0 Å². The number of nitrogens with zero attached hydrogens (tertiary/aromatic N) is 1. The average Bonchev–Trinajstić information content (AvgIpc) is 2.50. The molecule has 3 atom stereocenters. The summed E-state index contributed by atoms with van der Waals surface area (Å²) in [4.78, 5) is 2.64. The van der Waals surface area contributed by atoms with Gasteiger partial charge in [-0.3, -0.25) is 0 Å². The largest absolute Gasteiger partial charge is 0.317 e. The van der Waals surface area contributed by atoms with Crippen LogP contribution in [0, 0.1) is 11.8 Å². The van der Waals surface area contributed by atoms with Gasteiger partial charge in [0.1, 0.15) is 0 Å². The molecule has 2 saturated heterocycles. The molecule has 2 nitrogen and oxygen atoms in total. The molecule has 0 spiro atoms. The fourth-order valence-electron chi connectivity index (χ4n) is 3.84. The summed E-state index contributed by atoms with van der Waals surface area (Å²) >= 11 is 0. The van der Waals surface area contributed by atoms with E-state index in [4.69, 9.17) is 0 Å². The lowest BCUT2D eigenvalue weighted by molar-refractivity contribution is 0.109. The first-order valence-corrected chi connectivity index (χ1v) is 7.01. The Morgan fingerprint density at radius 3 is 2.19 bits per heavy atom. The van der Waals surface area contributed by atoms with Gasteiger partial charge in [-0.05, 0) is 58.0 Å². The number of fused-ring (bicyclic) bond motifs is 2. The SMILES string of the molecule is CNC(CC(C)C)C1CC2CCC(C1)N2C. The second-order valence-electron chi connectivity index (χ2n) is 6.31. The van der Waals surface area contributed by atoms with Crippen LogP contribution in [0.1, 0.15) is 46.0 Å². The highest BCUT2D eigenvalue weighted by molar-refractivity contribution is 4.96. The highest BCUT2D eigenvalue weighted by Gasteiger charge is 2.40. The van der Waals surface area contributed by atoms with Gasteiger partial charge in [-0.25, -0.2) is 0 Å². The third-order valence-corrected chi connectivity index (χ3v) is 4.80. The summed E-state index contributed by atoms with van der Waals surface area (Å²) in [6.45, 7) is 4.68. The van der Waals surface area contributed by atoms with Gasteiger partial charge in [0.15, 0.2) is 0 Å². The van der Waals surface area contributed by atoms with Crippen LogP contribution in [0.15, 0.2) is 0 Å². The Morgan fingerprint density at radius 1 is 1.19 bits per heavy atom. The van der Waals surface area contributed by atoms with Crippen LogP contribution in [0.25, 0.3) is 0 Å². The fraction of sp³-hybridized carbons (Fsp3) is 1.00. The molecule has 2 bridgehead atoms. The van der Waals surface area contributed by atoms with Crippen molar-refractivity contribution in [1.82, 2.24) is 10.2 Å². The van der Waals surface area contributed by atoms with Gasteiger partial charge in [0, 0.05) is 18.1 Å². The number of hydrogen-bond acceptors (Lipinski definition) is 2. The fourth-order valence-corrected chi connectivity index (χ4v) is 3.84. The van der Waals surface area contributed by atoms with Crippen molar-refractivity contribution in [3.05, 3.63) is 0 Å². The Balaban J connectivity index is 1.95. The van der Waals surface area contributed by atoms with Crippen molar-refractivity contribution in [2.24, 2.45) is 11.8 Å². The van der Waals surface area contributed by atoms with E-state index < -0.39 is 0 Å². The van der Waals surface area contributed by atoms with Gasteiger partial charge in [-0.2, -0.15) is 0 Å². The van der Waals surface area contributed by atoms with E-state index in [-0.39, 0.29) is 0 Å². The Kier molecular flexibility index (Phi) is 3.91. The number of piperidine rings is 1. The molecule has 16 heavy (non-hydrogen) atoms. The van der Waals surface area contributed by atoms with Crippen molar-refractivity contribution in [2.45, 2.75) is 64.1 Å². The standard InChI is InChI=1S/C14H28N2/c1-10(2)7-14(15-3)11-8-12-5-6-13(9-11)16(12)4/h10-15H,5-9H2,1-4H3. The van der Waals surface area contributed by atoms with Crippen molar-refractivity contribution >= 4 is 0 Å². The molecule has 2 fully saturated rings. The van der Waals surface area contributed by atoms with Crippen molar-refractivity contribution in [2.75, 3.05) is 14.1 Å². The highest BCUT2D eigenvalue weighted by Crippen LogP contribution is 2.39. The molecule has 2 aliphatic rings. The average molecular weight is 224 g/mol. The minimum Gasteiger partial charge on any atom is -0.317 e. The minimum atomic E-state index is 0.747. The Hall–Kier alpha value is -0.0800. The van der Waals surface area contributed by atoms with Gasteiger partial charge in [0.05, 0.1) is 0 Å². The molecular weight excluding hydrogens is 196 g/mol. The Labute approximate surface area is 101 Å². The van der Waals surface area contributed by atoms with E-state index in [9.17, 15) is 0 Å². The summed E-state index contributed by atoms with van der Waals surface area (Å²) in [6, 6.07) is 2.51. The van der Waals surface area contributed by atoms with Crippen LogP contribution in [0.5, 0.6) is 0 Å². The van der Waals surface area contributed by atoms with E-state index >= 15 is 0 Å². The molecule has 0 aromatic carbocycles. The van der Waals surface area contributed by atoms with E-state index in [1.807, 2.05) is 0 Å². The smallest absolute Gasteiger partial charge is 0.00989 e. The molecule has 0 aliphatic carbocycles. The first-order chi connectivity index (χ1) is 7.61. The summed E-state index contributed by atoms with van der Waals surface area (Å²) in [5, 5.41) is 3.57. The predicted octanol–water partition coefficient (Wildman–Crippen LogP) is 2.49. The molecule has 0 saturated carbocycles. The lowest BCUT2D eigenvalue weighted by Crippen LogP contribution is -2.46. The highest BCUT2D eigenvalue weighted by atomic mass is 15.2. The summed E-state index contributed by atoms with van der Waals surface area (Å²) in [5.41, 5.74) is 0. The maximum absolute atomic E-state index is 3.57. The molecule has 2 heterocycles. The molecule has 2 heteroatoms. The molecule has 3 unspecified atom stereocenters. The van der Waals surface area contributed by atoms with Gasteiger partial charge in [-0.15, -0.1) is 0 Å². The summed E-state index contributed by atoms with van der Waals surface area (Å²) in [5.74, 6) is 1.73. The molecule has 0 radical (unpaired) electrons. The maximum Gasteiger partial charge on any atom is 0.00989 e. The van der Waals surface area contributed by atoms with Crippen LogP contribution in [0.4, 0.5) is 0 Å². The van der Waals surface area contributed by atoms with Crippen LogP contribution in [-0.4, -0.2) is 37.1 Å². The third-order valence-electron chi connectivity index (χ3n) is 4.80. The predicted molar refractivity (Wildman–Crippen MR) is 69.6 cm³/mol. The normalized spacial score (nSPS) is 36.9. The van der Waals surface area contributed by atoms with Gasteiger partial charge >= 0.3 is 0 Å². The van der Waals surface area contributed by atoms with Gasteiger partial charge in [0.2, 0.25) is 0 Å². The number of nitrogens with one attached hydrogen (secondary N) is 1. The lowest BCUT2D eigenvalue weighted by atomic mass is 9.82. The number of hydrogen-bond donors (Lipinski definition) is 1. The molecule has 2 rings (SSSR count). The minimum absolute atomic E-state index is 0.747. The molecule has 0 aromatic rings. The number of rotatable bonds is 4. The molecule has 2 aliphatic heterocycles. The zero-order chi connectivity index (χ0) is 11.7. The topological polar surface area (TPSA) is 15.3 Å². The van der Waals surface area contributed by atoms with Gasteiger partial charge in [0.25, 0.3) is 0 Å². The summed E-state index contributed by atoms with van der Waals surface area (Å²) < 4.78 is 0. The molecule has 1 N–H and O–H groups in total. The van der Waals surface area contributed by atoms with Crippen LogP contribution < -0.4 is 5.32 Å². The second-order valence-corrected chi connectivity index (χ2v) is 6.31. The lowest BCUT2D eigenvalue weighted by Gasteiger charge is -2.40. The van der Waals surface area contributed by atoms with Crippen molar-refractivity contribution in [3.63, 3.8) is 0 Å². The zero-order valence-electron chi connectivity index (χ0n) is 11.4. The van der Waals surface area contributed by atoms with Crippen LogP contribution >= 0.6 is 0 Å². The van der Waals surface area contributed by atoms with Crippen molar-refractivity contribution < 1.29 is 0 Å². The van der Waals surface area contributed by atoms with Crippen LogP contribution in [0.2, 0.25) is 0 Å². The van der Waals surface area contributed by atoms with E-state index in [1.165, 1.54) is 32.1 Å². The monoisotopic (exact) mass is 224 g/mol. The first kappa shape index (κ1) is 12.4. The van der Waals surface area contributed by atoms with Crippen LogP contribution in [0.3, 0.4) is 0 Å². The summed E-state index contributed by atoms with van der Waals surface area (Å²) in [6.07, 6.45) is 7.06.